The molecule has 4 N–H and O–H groups in total. The summed E-state index contributed by atoms with van der Waals surface area (Å²) in [6.45, 7) is -0.824. The summed E-state index contributed by atoms with van der Waals surface area (Å²) >= 11 is 0. The molecule has 2 aliphatic heterocycles. The number of alkyl halides is 2. The first-order valence-electron chi connectivity index (χ1n) is 14.7. The van der Waals surface area contributed by atoms with Crippen LogP contribution < -0.4 is 10.9 Å². The molecular weight excluding hydrogens is 678 g/mol. The molecule has 0 saturated carbocycles. The van der Waals surface area contributed by atoms with Gasteiger partial charge in [0, 0.05) is 5.56 Å². The number of fused-ring (bicyclic) bond motifs is 2. The Morgan fingerprint density at radius 2 is 1.80 bits per heavy atom. The highest BCUT2D eigenvalue weighted by Crippen LogP contribution is 2.38. The molecular formula is C27H26F2N10O9S. The molecule has 19 nitrogen and oxygen atoms in total. The second-order valence-corrected chi connectivity index (χ2v) is 12.8. The number of nitrogens with one attached hydrogen (secondary N) is 2. The third-order valence-electron chi connectivity index (χ3n) is 8.06. The van der Waals surface area contributed by atoms with Crippen LogP contribution in [0.5, 0.6) is 0 Å². The van der Waals surface area contributed by atoms with Crippen molar-refractivity contribution in [3.8, 4) is 0 Å². The zero-order valence-electron chi connectivity index (χ0n) is 24.9. The molecule has 49 heavy (non-hydrogen) atoms. The number of aromatic nitrogens is 9. The number of aliphatic hydroxyl groups excluding tert-OH is 2. The average molecular weight is 705 g/mol. The summed E-state index contributed by atoms with van der Waals surface area (Å²) in [5, 5.41) is 30.3. The molecule has 0 spiro atoms. The van der Waals surface area contributed by atoms with Crippen LogP contribution in [0.3, 0.4) is 0 Å². The van der Waals surface area contributed by atoms with Crippen LogP contribution in [0.25, 0.3) is 22.3 Å². The van der Waals surface area contributed by atoms with Gasteiger partial charge in [0.25, 0.3) is 21.6 Å². The van der Waals surface area contributed by atoms with E-state index < -0.39 is 89.6 Å². The molecule has 22 heteroatoms. The zero-order chi connectivity index (χ0) is 34.4. The summed E-state index contributed by atoms with van der Waals surface area (Å²) in [4.78, 5) is 43.2. The first-order chi connectivity index (χ1) is 23.6. The number of hydrogen-bond acceptors (Lipinski definition) is 15. The van der Waals surface area contributed by atoms with Crippen molar-refractivity contribution >= 4 is 44.2 Å². The van der Waals surface area contributed by atoms with E-state index in [1.807, 2.05) is 0 Å². The average Bonchev–Trinajstić information content (AvgIpc) is 3.86. The van der Waals surface area contributed by atoms with Crippen LogP contribution in [0.15, 0.2) is 54.1 Å². The highest BCUT2D eigenvalue weighted by Gasteiger charge is 2.50. The van der Waals surface area contributed by atoms with Crippen LogP contribution in [-0.4, -0.2) is 118 Å². The van der Waals surface area contributed by atoms with E-state index in [1.54, 1.807) is 30.3 Å². The number of amides is 1. The third kappa shape index (κ3) is 6.02. The fourth-order valence-electron chi connectivity index (χ4n) is 5.64. The van der Waals surface area contributed by atoms with E-state index in [9.17, 15) is 28.2 Å². The molecule has 0 unspecified atom stereocenters. The molecule has 8 atom stereocenters. The number of H-pyrrole nitrogens is 1. The third-order valence-corrected chi connectivity index (χ3v) is 9.31. The van der Waals surface area contributed by atoms with Crippen LogP contribution in [-0.2, 0) is 23.8 Å². The monoisotopic (exact) mass is 704 g/mol. The quantitative estimate of drug-likeness (QED) is 0.134. The summed E-state index contributed by atoms with van der Waals surface area (Å²) in [5.41, 5.74) is -0.488. The summed E-state index contributed by atoms with van der Waals surface area (Å²) in [6, 6.07) is 8.29. The summed E-state index contributed by atoms with van der Waals surface area (Å²) in [6.07, 6.45) is -11.0. The Morgan fingerprint density at radius 1 is 1.02 bits per heavy atom. The lowest BCUT2D eigenvalue weighted by molar-refractivity contribution is -0.0432. The van der Waals surface area contributed by atoms with Crippen molar-refractivity contribution in [2.24, 2.45) is 0 Å². The van der Waals surface area contributed by atoms with Gasteiger partial charge in [0.1, 0.15) is 24.6 Å². The van der Waals surface area contributed by atoms with Gasteiger partial charge in [-0.2, -0.15) is 13.1 Å². The Balaban J connectivity index is 1.03. The minimum atomic E-state index is -4.60. The van der Waals surface area contributed by atoms with E-state index in [0.717, 1.165) is 28.2 Å². The molecule has 0 bridgehead atoms. The van der Waals surface area contributed by atoms with E-state index in [0.29, 0.717) is 5.56 Å². The molecule has 2 saturated heterocycles. The molecule has 0 aliphatic carbocycles. The molecule has 6 heterocycles. The summed E-state index contributed by atoms with van der Waals surface area (Å²) in [7, 11) is -4.60. The van der Waals surface area contributed by atoms with Gasteiger partial charge in [-0.3, -0.25) is 18.3 Å². The van der Waals surface area contributed by atoms with E-state index in [-0.39, 0.29) is 28.1 Å². The lowest BCUT2D eigenvalue weighted by Gasteiger charge is -2.19. The predicted octanol–water partition coefficient (Wildman–Crippen LogP) is -0.464. The number of aliphatic hydroxyl groups is 2. The minimum Gasteiger partial charge on any atom is -0.394 e. The van der Waals surface area contributed by atoms with Gasteiger partial charge in [0.2, 0.25) is 0 Å². The molecule has 1 amide bonds. The molecule has 0 radical (unpaired) electrons. The van der Waals surface area contributed by atoms with Gasteiger partial charge >= 0.3 is 0 Å². The number of carbonyl (C=O) groups is 1. The number of benzene rings is 1. The van der Waals surface area contributed by atoms with Crippen LogP contribution in [0, 0.1) is 0 Å². The molecule has 2 fully saturated rings. The van der Waals surface area contributed by atoms with Crippen molar-refractivity contribution in [3.05, 3.63) is 65.2 Å². The molecule has 1 aromatic carbocycles. The Hall–Kier alpha value is -4.87. The highest BCUT2D eigenvalue weighted by molar-refractivity contribution is 7.86. The Labute approximate surface area is 273 Å². The zero-order valence-corrected chi connectivity index (χ0v) is 25.7. The Kier molecular flexibility index (Phi) is 8.58. The van der Waals surface area contributed by atoms with Crippen LogP contribution >= 0.6 is 0 Å². The lowest BCUT2D eigenvalue weighted by atomic mass is 10.1. The van der Waals surface area contributed by atoms with E-state index in [2.05, 4.69) is 40.5 Å². The van der Waals surface area contributed by atoms with E-state index in [1.165, 1.54) is 0 Å². The molecule has 4 aromatic heterocycles. The van der Waals surface area contributed by atoms with Crippen LogP contribution in [0.1, 0.15) is 29.2 Å². The maximum Gasteiger partial charge on any atom is 0.280 e. The number of halogens is 2. The van der Waals surface area contributed by atoms with Gasteiger partial charge in [-0.15, -0.1) is 5.10 Å². The highest BCUT2D eigenvalue weighted by atomic mass is 32.2. The van der Waals surface area contributed by atoms with Crippen molar-refractivity contribution in [3.63, 3.8) is 0 Å². The van der Waals surface area contributed by atoms with E-state index >= 15 is 8.78 Å². The predicted molar refractivity (Wildman–Crippen MR) is 160 cm³/mol. The molecule has 5 aromatic rings. The fourth-order valence-corrected chi connectivity index (χ4v) is 6.83. The molecule has 258 valence electrons. The Bertz CT molecular complexity index is 2170. The van der Waals surface area contributed by atoms with Crippen LogP contribution in [0.4, 0.5) is 14.6 Å². The van der Waals surface area contributed by atoms with Crippen LogP contribution in [0.2, 0.25) is 0 Å². The van der Waals surface area contributed by atoms with Gasteiger partial charge in [-0.25, -0.2) is 28.7 Å². The van der Waals surface area contributed by atoms with Crippen molar-refractivity contribution in [1.29, 1.82) is 0 Å². The van der Waals surface area contributed by atoms with Gasteiger partial charge in [0.05, 0.1) is 31.1 Å². The number of carbonyl (C=O) groups excluding carboxylic acids is 1. The number of imidazole rings is 1. The maximum absolute atomic E-state index is 15.9. The van der Waals surface area contributed by atoms with Gasteiger partial charge in [0.15, 0.2) is 52.9 Å². The van der Waals surface area contributed by atoms with Gasteiger partial charge < -0.3 is 30.0 Å². The second kappa shape index (κ2) is 12.9. The smallest absolute Gasteiger partial charge is 0.280 e. The van der Waals surface area contributed by atoms with Gasteiger partial charge in [-0.1, -0.05) is 23.4 Å². The number of nitrogens with zero attached hydrogens (tertiary/aromatic N) is 8. The second-order valence-electron chi connectivity index (χ2n) is 11.1. The van der Waals surface area contributed by atoms with Crippen molar-refractivity contribution in [2.75, 3.05) is 17.7 Å². The largest absolute Gasteiger partial charge is 0.394 e. The lowest BCUT2D eigenvalue weighted by Crippen LogP contribution is -2.37. The van der Waals surface area contributed by atoms with Crippen molar-refractivity contribution in [1.82, 2.24) is 44.5 Å². The number of ether oxygens (including phenoxy) is 2. The molecule has 7 rings (SSSR count). The topological polar surface area (TPSA) is 251 Å². The number of aromatic amines is 1. The Morgan fingerprint density at radius 3 is 2.57 bits per heavy atom. The number of hydrogen-bond donors (Lipinski definition) is 4. The maximum atomic E-state index is 15.9. The standard InChI is InChI=1S/C27H26F2N10O9S/c28-15-19(41)13(46-27(15)39-23-18(36-37-39)25(43)33-10-32-23)6-7-49(44,45)48-20-14(8-40)47-26(16(20)29)38-11-34-17-21(30-9-31-22(17)38)35-24(42)12-4-2-1-3-5-12/h1-5,9-11,13-16,19-20,26-27,40-41H,6-8H2,(H,32,33,43)(H,30,31,35,42)/t13-,14-,15-,16-,19-,20-,26-,27-/m1/s1. The summed E-state index contributed by atoms with van der Waals surface area (Å²) < 4.78 is 75.4. The summed E-state index contributed by atoms with van der Waals surface area (Å²) in [5.74, 6) is -1.30. The number of anilines is 1. The first-order valence-corrected chi connectivity index (χ1v) is 16.3. The van der Waals surface area contributed by atoms with Gasteiger partial charge in [-0.05, 0) is 18.6 Å². The van der Waals surface area contributed by atoms with Crippen molar-refractivity contribution in [2.45, 2.75) is 55.6 Å². The van der Waals surface area contributed by atoms with E-state index in [4.69, 9.17) is 13.7 Å². The normalized spacial score (nSPS) is 27.3. The first kappa shape index (κ1) is 32.7. The fraction of sp³-hybridized carbons (Fsp3) is 0.407. The number of rotatable bonds is 10. The molecule has 2 aliphatic rings. The minimum absolute atomic E-state index is 0.0242. The SMILES string of the molecule is O=C(Nc1ncnc2c1ncn2[C@@H]1O[C@H](CO)[C@@H](OS(=O)(=O)CC[C@H]2O[C@@H](n3nnc4c(=O)[nH]cnc43)[C@H](F)[C@@H]2O)[C@H]1F)c1ccccc1. The van der Waals surface area contributed by atoms with Crippen molar-refractivity contribution < 1.29 is 45.9 Å².